The predicted octanol–water partition coefficient (Wildman–Crippen LogP) is 6.90. The van der Waals surface area contributed by atoms with Crippen LogP contribution >= 0.6 is 0 Å². The van der Waals surface area contributed by atoms with Gasteiger partial charge in [0.1, 0.15) is 5.67 Å². The lowest BCUT2D eigenvalue weighted by molar-refractivity contribution is -0.345. The molecule has 7 atom stereocenters. The van der Waals surface area contributed by atoms with E-state index in [1.54, 1.807) is 14.2 Å². The van der Waals surface area contributed by atoms with Crippen molar-refractivity contribution in [1.82, 2.24) is 0 Å². The number of alkyl halides is 7. The van der Waals surface area contributed by atoms with Crippen molar-refractivity contribution in [2.75, 3.05) is 14.2 Å². The van der Waals surface area contributed by atoms with Gasteiger partial charge in [-0.05, 0) is 87.6 Å². The van der Waals surface area contributed by atoms with Crippen molar-refractivity contribution in [3.05, 3.63) is 0 Å². The third-order valence-corrected chi connectivity index (χ3v) is 10.7. The molecule has 4 aliphatic rings. The molecule has 4 fully saturated rings. The monoisotopic (exact) mass is 478 g/mol. The summed E-state index contributed by atoms with van der Waals surface area (Å²) in [5.41, 5.74) is -6.32. The first kappa shape index (κ1) is 25.3. The van der Waals surface area contributed by atoms with Gasteiger partial charge < -0.3 is 8.85 Å². The Bertz CT molecular complexity index is 645. The Hall–Kier alpha value is -0.353. The molecule has 2 nitrogen and oxygen atoms in total. The zero-order valence-corrected chi connectivity index (χ0v) is 19.7. The molecule has 0 aromatic heterocycles. The Labute approximate surface area is 180 Å². The van der Waals surface area contributed by atoms with Gasteiger partial charge in [0.2, 0.25) is 0 Å². The van der Waals surface area contributed by atoms with Gasteiger partial charge in [-0.25, -0.2) is 4.39 Å². The summed E-state index contributed by atoms with van der Waals surface area (Å²) in [6.07, 6.45) is -9.07. The second-order valence-corrected chi connectivity index (χ2v) is 14.3. The summed E-state index contributed by atoms with van der Waals surface area (Å²) in [4.78, 5) is 0. The molecule has 0 amide bonds. The van der Waals surface area contributed by atoms with E-state index >= 15 is 4.39 Å². The Morgan fingerprint density at radius 1 is 0.839 bits per heavy atom. The summed E-state index contributed by atoms with van der Waals surface area (Å²) < 4.78 is 105. The average Bonchev–Trinajstić information content (AvgIpc) is 3.38. The van der Waals surface area contributed by atoms with Crippen molar-refractivity contribution < 1.29 is 39.6 Å². The summed E-state index contributed by atoms with van der Waals surface area (Å²) in [5, 5.41) is 0. The first-order valence-corrected chi connectivity index (χ1v) is 13.7. The number of hydrogen-bond donors (Lipinski definition) is 0. The quantitative estimate of drug-likeness (QED) is 0.249. The standard InChI is InChI=1S/C17H21F7.C4H12O2Si/c1-14(16(19,20)21,17(22,23)24)7-15(18)6-10-5-11(15)13-9-3-2-8(4-9)12(10)13;1-5-7(3,4)6-2/h8-13H,2-7H2,1H3;1-4H3. The zero-order chi connectivity index (χ0) is 23.6. The van der Waals surface area contributed by atoms with Crippen LogP contribution in [0.25, 0.3) is 0 Å². The molecule has 0 aliphatic heterocycles. The van der Waals surface area contributed by atoms with E-state index in [-0.39, 0.29) is 25.2 Å². The molecule has 0 radical (unpaired) electrons. The van der Waals surface area contributed by atoms with Gasteiger partial charge in [0.25, 0.3) is 0 Å². The van der Waals surface area contributed by atoms with Crippen molar-refractivity contribution >= 4 is 8.56 Å². The fourth-order valence-corrected chi connectivity index (χ4v) is 7.08. The van der Waals surface area contributed by atoms with Crippen LogP contribution in [-0.4, -0.2) is 40.8 Å². The van der Waals surface area contributed by atoms with Crippen LogP contribution in [0.15, 0.2) is 0 Å². The highest BCUT2D eigenvalue weighted by molar-refractivity contribution is 6.64. The minimum atomic E-state index is -5.50. The molecule has 4 bridgehead atoms. The maximum absolute atomic E-state index is 15.5. The van der Waals surface area contributed by atoms with Crippen LogP contribution < -0.4 is 0 Å². The van der Waals surface area contributed by atoms with Crippen molar-refractivity contribution in [3.63, 3.8) is 0 Å². The summed E-state index contributed by atoms with van der Waals surface area (Å²) in [6.45, 7) is 4.11. The van der Waals surface area contributed by atoms with Gasteiger partial charge in [0, 0.05) is 20.6 Å². The number of fused-ring (bicyclic) bond motifs is 9. The van der Waals surface area contributed by atoms with Crippen molar-refractivity contribution in [2.45, 2.75) is 76.6 Å². The van der Waals surface area contributed by atoms with E-state index in [0.29, 0.717) is 24.2 Å². The highest BCUT2D eigenvalue weighted by atomic mass is 28.4. The third kappa shape index (κ3) is 4.18. The molecule has 0 saturated heterocycles. The van der Waals surface area contributed by atoms with E-state index in [1.807, 2.05) is 13.1 Å². The first-order valence-electron chi connectivity index (χ1n) is 10.9. The normalized spacial score (nSPS) is 39.5. The van der Waals surface area contributed by atoms with E-state index in [1.165, 1.54) is 0 Å². The second kappa shape index (κ2) is 7.86. The van der Waals surface area contributed by atoms with E-state index in [9.17, 15) is 26.3 Å². The fraction of sp³-hybridized carbons (Fsp3) is 1.00. The highest BCUT2D eigenvalue weighted by Crippen LogP contribution is 2.72. The molecular weight excluding hydrogens is 445 g/mol. The van der Waals surface area contributed by atoms with Crippen molar-refractivity contribution in [2.24, 2.45) is 40.9 Å². The smallest absolute Gasteiger partial charge is 0.398 e. The molecule has 0 spiro atoms. The van der Waals surface area contributed by atoms with Gasteiger partial charge in [0.05, 0.1) is 0 Å². The van der Waals surface area contributed by atoms with Crippen LogP contribution in [0.3, 0.4) is 0 Å². The molecule has 0 aromatic carbocycles. The molecule has 31 heavy (non-hydrogen) atoms. The first-order chi connectivity index (χ1) is 14.0. The average molecular weight is 479 g/mol. The lowest BCUT2D eigenvalue weighted by atomic mass is 9.62. The van der Waals surface area contributed by atoms with E-state index in [4.69, 9.17) is 8.85 Å². The Balaban J connectivity index is 0.000000339. The fourth-order valence-electron chi connectivity index (χ4n) is 6.92. The minimum Gasteiger partial charge on any atom is -0.398 e. The Morgan fingerprint density at radius 2 is 1.32 bits per heavy atom. The molecule has 10 heteroatoms. The van der Waals surface area contributed by atoms with Crippen LogP contribution in [0, 0.1) is 40.9 Å². The van der Waals surface area contributed by atoms with Crippen LogP contribution in [0.1, 0.15) is 45.4 Å². The Morgan fingerprint density at radius 3 is 1.74 bits per heavy atom. The summed E-state index contributed by atoms with van der Waals surface area (Å²) >= 11 is 0. The van der Waals surface area contributed by atoms with E-state index < -0.39 is 44.3 Å². The van der Waals surface area contributed by atoms with Gasteiger partial charge in [-0.15, -0.1) is 0 Å². The van der Waals surface area contributed by atoms with E-state index in [0.717, 1.165) is 19.3 Å². The molecular formula is C21H33F7O2Si. The maximum atomic E-state index is 15.5. The summed E-state index contributed by atoms with van der Waals surface area (Å²) in [7, 11) is 1.70. The molecule has 4 rings (SSSR count). The van der Waals surface area contributed by atoms with Crippen LogP contribution in [-0.2, 0) is 8.85 Å². The molecule has 0 N–H and O–H groups in total. The van der Waals surface area contributed by atoms with Gasteiger partial charge in [-0.3, -0.25) is 0 Å². The molecule has 0 aromatic rings. The van der Waals surface area contributed by atoms with Gasteiger partial charge >= 0.3 is 20.9 Å². The largest absolute Gasteiger partial charge is 0.403 e. The second-order valence-electron chi connectivity index (χ2n) is 10.6. The molecule has 4 aliphatic carbocycles. The van der Waals surface area contributed by atoms with Gasteiger partial charge in [-0.2, -0.15) is 26.3 Å². The molecule has 4 saturated carbocycles. The van der Waals surface area contributed by atoms with Gasteiger partial charge in [-0.1, -0.05) is 0 Å². The van der Waals surface area contributed by atoms with Crippen LogP contribution in [0.2, 0.25) is 13.1 Å². The van der Waals surface area contributed by atoms with E-state index in [2.05, 4.69) is 0 Å². The zero-order valence-electron chi connectivity index (χ0n) is 18.7. The minimum absolute atomic E-state index is 0.0122. The lowest BCUT2D eigenvalue weighted by Gasteiger charge is -2.46. The number of hydrogen-bond acceptors (Lipinski definition) is 2. The SMILES string of the molecule is CC(CC1(F)CC2CC1C1C3CCC(C3)C21)(C(F)(F)F)C(F)(F)F.CO[Si](C)(C)OC. The molecule has 182 valence electrons. The number of rotatable bonds is 4. The molecule has 7 unspecified atom stereocenters. The van der Waals surface area contributed by atoms with Crippen molar-refractivity contribution in [3.8, 4) is 0 Å². The third-order valence-electron chi connectivity index (χ3n) is 8.76. The maximum Gasteiger partial charge on any atom is 0.403 e. The topological polar surface area (TPSA) is 18.5 Å². The summed E-state index contributed by atoms with van der Waals surface area (Å²) in [5.74, 6) is 0.557. The highest BCUT2D eigenvalue weighted by Gasteiger charge is 2.74. The number of halogens is 7. The van der Waals surface area contributed by atoms with Crippen molar-refractivity contribution in [1.29, 1.82) is 0 Å². The Kier molecular flexibility index (Phi) is 6.41. The lowest BCUT2D eigenvalue weighted by Crippen LogP contribution is -2.54. The predicted molar refractivity (Wildman–Crippen MR) is 104 cm³/mol. The van der Waals surface area contributed by atoms with Crippen LogP contribution in [0.4, 0.5) is 30.7 Å². The summed E-state index contributed by atoms with van der Waals surface area (Å²) in [6, 6.07) is 0. The van der Waals surface area contributed by atoms with Crippen LogP contribution in [0.5, 0.6) is 0 Å². The van der Waals surface area contributed by atoms with Gasteiger partial charge in [0.15, 0.2) is 5.41 Å². The molecule has 0 heterocycles.